The molecule has 4 rings (SSSR count). The Morgan fingerprint density at radius 3 is 2.54 bits per heavy atom. The SMILES string of the molecule is O=C(O)[C@H]1Cc2nc[nH]c2CN1C(=O)c1ccc(N2CCCCC2)cc1. The van der Waals surface area contributed by atoms with Gasteiger partial charge in [0.2, 0.25) is 0 Å². The summed E-state index contributed by atoms with van der Waals surface area (Å²) < 4.78 is 0. The molecule has 0 aliphatic carbocycles. The number of carbonyl (C=O) groups excluding carboxylic acids is 1. The molecular formula is C19H22N4O3. The Labute approximate surface area is 151 Å². The van der Waals surface area contributed by atoms with Gasteiger partial charge >= 0.3 is 5.97 Å². The standard InChI is InChI=1S/C19H22N4O3/c24-18(13-4-6-14(7-5-13)22-8-2-1-3-9-22)23-11-16-15(20-12-21-16)10-17(23)19(25)26/h4-7,12,17H,1-3,8-11H2,(H,20,21)(H,25,26)/t17-/m1/s1. The van der Waals surface area contributed by atoms with E-state index in [1.165, 1.54) is 24.2 Å². The first-order valence-corrected chi connectivity index (χ1v) is 9.03. The number of benzene rings is 1. The fraction of sp³-hybridized carbons (Fsp3) is 0.421. The number of aliphatic carboxylic acids is 1. The number of carboxylic acid groups (broad SMARTS) is 1. The molecule has 1 atom stereocenters. The van der Waals surface area contributed by atoms with Crippen molar-refractivity contribution in [2.24, 2.45) is 0 Å². The molecule has 2 aromatic rings. The molecule has 3 heterocycles. The molecule has 0 saturated carbocycles. The summed E-state index contributed by atoms with van der Waals surface area (Å²) in [6.07, 6.45) is 5.44. The quantitative estimate of drug-likeness (QED) is 0.881. The molecule has 7 nitrogen and oxygen atoms in total. The second-order valence-corrected chi connectivity index (χ2v) is 6.91. The lowest BCUT2D eigenvalue weighted by molar-refractivity contribution is -0.142. The number of hydrogen-bond donors (Lipinski definition) is 2. The van der Waals surface area contributed by atoms with E-state index < -0.39 is 12.0 Å². The van der Waals surface area contributed by atoms with Crippen LogP contribution in [0.4, 0.5) is 5.69 Å². The number of anilines is 1. The van der Waals surface area contributed by atoms with Gasteiger partial charge in [-0.1, -0.05) is 0 Å². The molecule has 0 unspecified atom stereocenters. The molecule has 7 heteroatoms. The van der Waals surface area contributed by atoms with Crippen LogP contribution >= 0.6 is 0 Å². The second kappa shape index (κ2) is 6.82. The number of aromatic nitrogens is 2. The Bertz CT molecular complexity index is 808. The van der Waals surface area contributed by atoms with Crippen LogP contribution in [-0.2, 0) is 17.8 Å². The Morgan fingerprint density at radius 2 is 1.85 bits per heavy atom. The van der Waals surface area contributed by atoms with Crippen LogP contribution < -0.4 is 4.90 Å². The van der Waals surface area contributed by atoms with E-state index in [9.17, 15) is 14.7 Å². The van der Waals surface area contributed by atoms with E-state index in [-0.39, 0.29) is 18.9 Å². The third-order valence-electron chi connectivity index (χ3n) is 5.28. The van der Waals surface area contributed by atoms with Crippen LogP contribution in [0.1, 0.15) is 41.0 Å². The molecule has 26 heavy (non-hydrogen) atoms. The van der Waals surface area contributed by atoms with E-state index in [0.29, 0.717) is 5.56 Å². The van der Waals surface area contributed by atoms with E-state index in [0.717, 1.165) is 30.2 Å². The summed E-state index contributed by atoms with van der Waals surface area (Å²) in [6, 6.07) is 6.63. The topological polar surface area (TPSA) is 89.5 Å². The van der Waals surface area contributed by atoms with Crippen LogP contribution in [0.25, 0.3) is 0 Å². The summed E-state index contributed by atoms with van der Waals surface area (Å²) in [6.45, 7) is 2.32. The zero-order chi connectivity index (χ0) is 18.1. The number of H-pyrrole nitrogens is 1. The smallest absolute Gasteiger partial charge is 0.326 e. The highest BCUT2D eigenvalue weighted by atomic mass is 16.4. The lowest BCUT2D eigenvalue weighted by Gasteiger charge is -2.32. The minimum atomic E-state index is -1.00. The van der Waals surface area contributed by atoms with Gasteiger partial charge < -0.3 is 19.9 Å². The summed E-state index contributed by atoms with van der Waals surface area (Å²) in [5, 5.41) is 9.54. The largest absolute Gasteiger partial charge is 0.480 e. The van der Waals surface area contributed by atoms with Gasteiger partial charge in [0.05, 0.1) is 24.3 Å². The minimum absolute atomic E-state index is 0.228. The van der Waals surface area contributed by atoms with Crippen LogP contribution in [-0.4, -0.2) is 51.0 Å². The third kappa shape index (κ3) is 3.05. The van der Waals surface area contributed by atoms with Gasteiger partial charge in [-0.15, -0.1) is 0 Å². The van der Waals surface area contributed by atoms with Crippen LogP contribution in [0.3, 0.4) is 0 Å². The second-order valence-electron chi connectivity index (χ2n) is 6.91. The van der Waals surface area contributed by atoms with E-state index in [1.807, 2.05) is 12.1 Å². The number of nitrogens with one attached hydrogen (secondary N) is 1. The van der Waals surface area contributed by atoms with Gasteiger partial charge in [0.1, 0.15) is 6.04 Å². The molecule has 1 aromatic carbocycles. The number of imidazole rings is 1. The van der Waals surface area contributed by atoms with E-state index in [1.54, 1.807) is 18.5 Å². The zero-order valence-corrected chi connectivity index (χ0v) is 14.5. The molecule has 2 aliphatic heterocycles. The highest BCUT2D eigenvalue weighted by Crippen LogP contribution is 2.25. The Kier molecular flexibility index (Phi) is 4.36. The van der Waals surface area contributed by atoms with E-state index in [4.69, 9.17) is 0 Å². The van der Waals surface area contributed by atoms with Gasteiger partial charge in [-0.05, 0) is 43.5 Å². The summed E-state index contributed by atoms with van der Waals surface area (Å²) in [5.74, 6) is -1.26. The van der Waals surface area contributed by atoms with Crippen LogP contribution in [0.2, 0.25) is 0 Å². The molecule has 1 saturated heterocycles. The molecule has 0 spiro atoms. The van der Waals surface area contributed by atoms with Gasteiger partial charge in [-0.25, -0.2) is 9.78 Å². The number of carboxylic acids is 1. The predicted octanol–water partition coefficient (Wildman–Crippen LogP) is 2.05. The molecule has 0 radical (unpaired) electrons. The van der Waals surface area contributed by atoms with Crippen molar-refractivity contribution in [1.29, 1.82) is 0 Å². The first-order valence-electron chi connectivity index (χ1n) is 9.03. The fourth-order valence-electron chi connectivity index (χ4n) is 3.80. The average Bonchev–Trinajstić information content (AvgIpc) is 3.15. The first kappa shape index (κ1) is 16.6. The third-order valence-corrected chi connectivity index (χ3v) is 5.28. The molecule has 1 fully saturated rings. The fourth-order valence-corrected chi connectivity index (χ4v) is 3.80. The first-order chi connectivity index (χ1) is 12.6. The maximum atomic E-state index is 12.9. The number of fused-ring (bicyclic) bond motifs is 1. The zero-order valence-electron chi connectivity index (χ0n) is 14.5. The minimum Gasteiger partial charge on any atom is -0.480 e. The monoisotopic (exact) mass is 354 g/mol. The Hall–Kier alpha value is -2.83. The maximum absolute atomic E-state index is 12.9. The van der Waals surface area contributed by atoms with Gasteiger partial charge in [0.25, 0.3) is 5.91 Å². The number of rotatable bonds is 3. The molecule has 2 aliphatic rings. The summed E-state index contributed by atoms with van der Waals surface area (Å²) in [7, 11) is 0. The highest BCUT2D eigenvalue weighted by molar-refractivity contribution is 5.97. The number of piperidine rings is 1. The van der Waals surface area contributed by atoms with Crippen molar-refractivity contribution >= 4 is 17.6 Å². The van der Waals surface area contributed by atoms with E-state index >= 15 is 0 Å². The summed E-state index contributed by atoms with van der Waals surface area (Å²) in [4.78, 5) is 35.5. The van der Waals surface area contributed by atoms with E-state index in [2.05, 4.69) is 14.9 Å². The Balaban J connectivity index is 1.55. The molecule has 136 valence electrons. The lowest BCUT2D eigenvalue weighted by Crippen LogP contribution is -2.48. The van der Waals surface area contributed by atoms with Crippen molar-refractivity contribution in [3.63, 3.8) is 0 Å². The highest BCUT2D eigenvalue weighted by Gasteiger charge is 2.36. The normalized spacial score (nSPS) is 19.9. The van der Waals surface area contributed by atoms with Gasteiger partial charge in [-0.3, -0.25) is 4.79 Å². The molecule has 1 amide bonds. The molecule has 2 N–H and O–H groups in total. The number of aromatic amines is 1. The van der Waals surface area contributed by atoms with Crippen molar-refractivity contribution in [2.75, 3.05) is 18.0 Å². The number of hydrogen-bond acceptors (Lipinski definition) is 4. The molecule has 1 aromatic heterocycles. The number of amides is 1. The number of carbonyl (C=O) groups is 2. The van der Waals surface area contributed by atoms with Crippen molar-refractivity contribution in [2.45, 2.75) is 38.3 Å². The Morgan fingerprint density at radius 1 is 1.12 bits per heavy atom. The van der Waals surface area contributed by atoms with Crippen molar-refractivity contribution < 1.29 is 14.7 Å². The van der Waals surface area contributed by atoms with Gasteiger partial charge in [-0.2, -0.15) is 0 Å². The number of nitrogens with zero attached hydrogens (tertiary/aromatic N) is 3. The van der Waals surface area contributed by atoms with Gasteiger partial charge in [0, 0.05) is 30.8 Å². The van der Waals surface area contributed by atoms with Crippen molar-refractivity contribution in [1.82, 2.24) is 14.9 Å². The maximum Gasteiger partial charge on any atom is 0.326 e. The van der Waals surface area contributed by atoms with Crippen LogP contribution in [0, 0.1) is 0 Å². The van der Waals surface area contributed by atoms with Crippen molar-refractivity contribution in [3.8, 4) is 0 Å². The predicted molar refractivity (Wildman–Crippen MR) is 96.1 cm³/mol. The van der Waals surface area contributed by atoms with Gasteiger partial charge in [0.15, 0.2) is 0 Å². The van der Waals surface area contributed by atoms with Crippen LogP contribution in [0.15, 0.2) is 30.6 Å². The molecular weight excluding hydrogens is 332 g/mol. The van der Waals surface area contributed by atoms with Crippen molar-refractivity contribution in [3.05, 3.63) is 47.5 Å². The summed E-state index contributed by atoms with van der Waals surface area (Å²) in [5.41, 5.74) is 3.16. The summed E-state index contributed by atoms with van der Waals surface area (Å²) >= 11 is 0. The van der Waals surface area contributed by atoms with Crippen LogP contribution in [0.5, 0.6) is 0 Å². The molecule has 0 bridgehead atoms. The lowest BCUT2D eigenvalue weighted by atomic mass is 10.0. The average molecular weight is 354 g/mol.